The minimum absolute atomic E-state index is 0.0686. The zero-order chi connectivity index (χ0) is 20.5. The molecule has 0 aliphatic heterocycles. The van der Waals surface area contributed by atoms with Gasteiger partial charge in [0.25, 0.3) is 5.56 Å². The standard InChI is InChI=1S/C20H21N5O2S2/c1-12-5-6-16(9-13(12)2)27-14(3)18-22-23-20(24(18)4)29-11-15-10-17(26)25-7-8-28-19(25)21-15/h5-10,14H,11H2,1-4H3. The van der Waals surface area contributed by atoms with Gasteiger partial charge < -0.3 is 9.30 Å². The minimum atomic E-state index is -0.241. The minimum Gasteiger partial charge on any atom is -0.483 e. The van der Waals surface area contributed by atoms with Gasteiger partial charge in [0.2, 0.25) is 0 Å². The van der Waals surface area contributed by atoms with Crippen molar-refractivity contribution in [2.45, 2.75) is 37.8 Å². The van der Waals surface area contributed by atoms with Gasteiger partial charge in [0.05, 0.1) is 5.69 Å². The first-order valence-corrected chi connectivity index (χ1v) is 11.0. The van der Waals surface area contributed by atoms with Crippen LogP contribution in [0.25, 0.3) is 4.96 Å². The fourth-order valence-corrected chi connectivity index (χ4v) is 4.50. The maximum Gasteiger partial charge on any atom is 0.258 e. The van der Waals surface area contributed by atoms with E-state index in [0.717, 1.165) is 22.4 Å². The van der Waals surface area contributed by atoms with Crippen LogP contribution in [0.15, 0.2) is 45.8 Å². The van der Waals surface area contributed by atoms with Gasteiger partial charge in [-0.2, -0.15) is 0 Å². The summed E-state index contributed by atoms with van der Waals surface area (Å²) in [6.07, 6.45) is 1.49. The van der Waals surface area contributed by atoms with Gasteiger partial charge >= 0.3 is 0 Å². The summed E-state index contributed by atoms with van der Waals surface area (Å²) >= 11 is 2.94. The zero-order valence-corrected chi connectivity index (χ0v) is 18.3. The number of fused-ring (bicyclic) bond motifs is 1. The van der Waals surface area contributed by atoms with Gasteiger partial charge in [0.15, 0.2) is 22.0 Å². The van der Waals surface area contributed by atoms with Gasteiger partial charge in [-0.05, 0) is 44.0 Å². The number of benzene rings is 1. The summed E-state index contributed by atoms with van der Waals surface area (Å²) in [5.41, 5.74) is 3.08. The van der Waals surface area contributed by atoms with Crippen molar-refractivity contribution in [1.29, 1.82) is 0 Å². The van der Waals surface area contributed by atoms with Gasteiger partial charge in [0, 0.05) is 30.4 Å². The molecule has 0 bridgehead atoms. The number of hydrogen-bond donors (Lipinski definition) is 0. The van der Waals surface area contributed by atoms with Crippen molar-refractivity contribution >= 4 is 28.1 Å². The number of nitrogens with zero attached hydrogens (tertiary/aromatic N) is 5. The Balaban J connectivity index is 1.47. The number of aryl methyl sites for hydroxylation is 2. The smallest absolute Gasteiger partial charge is 0.258 e. The van der Waals surface area contributed by atoms with E-state index in [1.165, 1.54) is 34.2 Å². The molecule has 1 unspecified atom stereocenters. The molecule has 0 aliphatic carbocycles. The van der Waals surface area contributed by atoms with Gasteiger partial charge in [-0.15, -0.1) is 21.5 Å². The van der Waals surface area contributed by atoms with Crippen molar-refractivity contribution in [2.24, 2.45) is 7.05 Å². The van der Waals surface area contributed by atoms with E-state index in [-0.39, 0.29) is 11.7 Å². The highest BCUT2D eigenvalue weighted by atomic mass is 32.2. The van der Waals surface area contributed by atoms with Crippen LogP contribution in [-0.2, 0) is 12.8 Å². The highest BCUT2D eigenvalue weighted by Gasteiger charge is 2.18. The highest BCUT2D eigenvalue weighted by Crippen LogP contribution is 2.26. The SMILES string of the molecule is Cc1ccc(OC(C)c2nnc(SCc3cc(=O)n4ccsc4n3)n2C)cc1C. The van der Waals surface area contributed by atoms with Crippen LogP contribution >= 0.6 is 23.1 Å². The Morgan fingerprint density at radius 1 is 1.21 bits per heavy atom. The number of aromatic nitrogens is 5. The maximum absolute atomic E-state index is 12.1. The maximum atomic E-state index is 12.1. The summed E-state index contributed by atoms with van der Waals surface area (Å²) in [4.78, 5) is 17.4. The fraction of sp³-hybridized carbons (Fsp3) is 0.300. The molecule has 1 aromatic carbocycles. The molecule has 9 heteroatoms. The second-order valence-corrected chi connectivity index (χ2v) is 8.65. The summed E-state index contributed by atoms with van der Waals surface area (Å²) in [6.45, 7) is 6.10. The Kier molecular flexibility index (Phi) is 5.42. The molecule has 0 spiro atoms. The van der Waals surface area contributed by atoms with E-state index in [1.54, 1.807) is 16.7 Å². The summed E-state index contributed by atoms with van der Waals surface area (Å²) in [5, 5.41) is 11.2. The molecule has 1 atom stereocenters. The average molecular weight is 428 g/mol. The summed E-state index contributed by atoms with van der Waals surface area (Å²) < 4.78 is 9.53. The van der Waals surface area contributed by atoms with E-state index in [1.807, 2.05) is 36.1 Å². The molecule has 0 saturated heterocycles. The third-order valence-electron chi connectivity index (χ3n) is 4.73. The Labute approximate surface area is 176 Å². The Morgan fingerprint density at radius 3 is 2.83 bits per heavy atom. The largest absolute Gasteiger partial charge is 0.483 e. The molecule has 4 aromatic rings. The highest BCUT2D eigenvalue weighted by molar-refractivity contribution is 7.98. The number of thiazole rings is 1. The van der Waals surface area contributed by atoms with Crippen LogP contribution in [0.1, 0.15) is 35.7 Å². The van der Waals surface area contributed by atoms with Crippen molar-refractivity contribution in [3.05, 3.63) is 68.8 Å². The molecular weight excluding hydrogens is 406 g/mol. The van der Waals surface area contributed by atoms with E-state index < -0.39 is 0 Å². The molecule has 0 radical (unpaired) electrons. The zero-order valence-electron chi connectivity index (χ0n) is 16.6. The molecule has 0 amide bonds. The Bertz CT molecular complexity index is 1230. The molecule has 3 aromatic heterocycles. The van der Waals surface area contributed by atoms with Crippen molar-refractivity contribution in [3.8, 4) is 5.75 Å². The monoisotopic (exact) mass is 427 g/mol. The van der Waals surface area contributed by atoms with Crippen LogP contribution in [0.2, 0.25) is 0 Å². The van der Waals surface area contributed by atoms with Crippen LogP contribution in [0, 0.1) is 13.8 Å². The fourth-order valence-electron chi connectivity index (χ4n) is 2.95. The Morgan fingerprint density at radius 2 is 2.03 bits per heavy atom. The third kappa shape index (κ3) is 4.06. The lowest BCUT2D eigenvalue weighted by molar-refractivity contribution is 0.211. The van der Waals surface area contributed by atoms with E-state index in [4.69, 9.17) is 4.74 Å². The van der Waals surface area contributed by atoms with Crippen molar-refractivity contribution in [2.75, 3.05) is 0 Å². The second-order valence-electron chi connectivity index (χ2n) is 6.84. The molecule has 0 fully saturated rings. The third-order valence-corrected chi connectivity index (χ3v) is 6.54. The van der Waals surface area contributed by atoms with Crippen LogP contribution in [0.4, 0.5) is 0 Å². The summed E-state index contributed by atoms with van der Waals surface area (Å²) in [6, 6.07) is 7.61. The molecule has 7 nitrogen and oxygen atoms in total. The van der Waals surface area contributed by atoms with Gasteiger partial charge in [-0.25, -0.2) is 4.98 Å². The lowest BCUT2D eigenvalue weighted by Gasteiger charge is -2.15. The van der Waals surface area contributed by atoms with Crippen molar-refractivity contribution < 1.29 is 4.74 Å². The average Bonchev–Trinajstić information content (AvgIpc) is 3.30. The molecule has 150 valence electrons. The van der Waals surface area contributed by atoms with E-state index in [9.17, 15) is 4.79 Å². The topological polar surface area (TPSA) is 74.3 Å². The molecule has 0 N–H and O–H groups in total. The number of ether oxygens (including phenoxy) is 1. The predicted octanol–water partition coefficient (Wildman–Crippen LogP) is 3.93. The van der Waals surface area contributed by atoms with Crippen LogP contribution < -0.4 is 10.3 Å². The lowest BCUT2D eigenvalue weighted by atomic mass is 10.1. The second kappa shape index (κ2) is 8.00. The van der Waals surface area contributed by atoms with Crippen LogP contribution in [-0.4, -0.2) is 24.1 Å². The first-order valence-electron chi connectivity index (χ1n) is 9.14. The lowest BCUT2D eigenvalue weighted by Crippen LogP contribution is -2.12. The van der Waals surface area contributed by atoms with Gasteiger partial charge in [-0.1, -0.05) is 17.8 Å². The molecule has 0 saturated carbocycles. The quantitative estimate of drug-likeness (QED) is 0.434. The summed E-state index contributed by atoms with van der Waals surface area (Å²) in [7, 11) is 1.92. The van der Waals surface area contributed by atoms with Crippen LogP contribution in [0.3, 0.4) is 0 Å². The predicted molar refractivity (Wildman–Crippen MR) is 115 cm³/mol. The van der Waals surface area contributed by atoms with Gasteiger partial charge in [-0.3, -0.25) is 9.20 Å². The summed E-state index contributed by atoms with van der Waals surface area (Å²) in [5.74, 6) is 2.10. The van der Waals surface area contributed by atoms with Gasteiger partial charge in [0.1, 0.15) is 5.75 Å². The number of rotatable bonds is 6. The number of hydrogen-bond acceptors (Lipinski definition) is 7. The first kappa shape index (κ1) is 19.7. The van der Waals surface area contributed by atoms with Crippen LogP contribution in [0.5, 0.6) is 5.75 Å². The molecule has 0 aliphatic rings. The van der Waals surface area contributed by atoms with Crippen molar-refractivity contribution in [3.63, 3.8) is 0 Å². The molecule has 29 heavy (non-hydrogen) atoms. The number of thioether (sulfide) groups is 1. The van der Waals surface area contributed by atoms with E-state index in [2.05, 4.69) is 35.1 Å². The first-order chi connectivity index (χ1) is 13.9. The Hall–Kier alpha value is -2.65. The normalized spacial score (nSPS) is 12.4. The van der Waals surface area contributed by atoms with E-state index >= 15 is 0 Å². The molecule has 3 heterocycles. The van der Waals surface area contributed by atoms with E-state index in [0.29, 0.717) is 10.7 Å². The van der Waals surface area contributed by atoms with Crippen molar-refractivity contribution in [1.82, 2.24) is 24.1 Å². The molecular formula is C20H21N5O2S2. The molecule has 4 rings (SSSR count).